The van der Waals surface area contributed by atoms with Gasteiger partial charge in [-0.3, -0.25) is 0 Å². The van der Waals surface area contributed by atoms with Crippen LogP contribution in [0.25, 0.3) is 0 Å². The number of hydrogen-bond donors (Lipinski definition) is 1. The topological polar surface area (TPSA) is 21.3 Å². The maximum absolute atomic E-state index is 13.1. The van der Waals surface area contributed by atoms with Crippen molar-refractivity contribution in [3.63, 3.8) is 0 Å². The van der Waals surface area contributed by atoms with Crippen LogP contribution in [0.2, 0.25) is 5.02 Å². The Morgan fingerprint density at radius 1 is 1.47 bits per heavy atom. The van der Waals surface area contributed by atoms with Crippen LogP contribution in [0.3, 0.4) is 0 Å². The van der Waals surface area contributed by atoms with Crippen molar-refractivity contribution < 1.29 is 17.9 Å². The first-order valence-corrected chi connectivity index (χ1v) is 5.01. The number of ether oxygens (including phenoxy) is 1. The summed E-state index contributed by atoms with van der Waals surface area (Å²) in [5.41, 5.74) is -2.65. The van der Waals surface area contributed by atoms with Gasteiger partial charge in [0.15, 0.2) is 0 Å². The van der Waals surface area contributed by atoms with Gasteiger partial charge in [-0.2, -0.15) is 13.2 Å². The monoisotopic (exact) mass is 261 g/mol. The van der Waals surface area contributed by atoms with Crippen molar-refractivity contribution in [1.82, 2.24) is 0 Å². The second-order valence-electron chi connectivity index (χ2n) is 3.48. The Morgan fingerprint density at radius 2 is 2.18 bits per heavy atom. The highest BCUT2D eigenvalue weighted by atomic mass is 35.5. The van der Waals surface area contributed by atoms with Crippen molar-refractivity contribution in [3.8, 4) is 12.3 Å². The van der Waals surface area contributed by atoms with Gasteiger partial charge in [-0.25, -0.2) is 0 Å². The summed E-state index contributed by atoms with van der Waals surface area (Å²) in [6.45, 7) is -0.307. The smallest absolute Gasteiger partial charge is 0.362 e. The van der Waals surface area contributed by atoms with E-state index in [0.717, 1.165) is 6.07 Å². The normalized spacial score (nSPS) is 23.5. The van der Waals surface area contributed by atoms with E-state index in [2.05, 4.69) is 5.32 Å². The van der Waals surface area contributed by atoms with Crippen molar-refractivity contribution in [3.05, 3.63) is 28.8 Å². The lowest BCUT2D eigenvalue weighted by molar-refractivity contribution is -0.259. The second kappa shape index (κ2) is 3.83. The molecule has 0 bridgehead atoms. The molecule has 0 aliphatic carbocycles. The molecular formula is C11H7ClF3NO. The van der Waals surface area contributed by atoms with Gasteiger partial charge in [0, 0.05) is 16.3 Å². The lowest BCUT2D eigenvalue weighted by atomic mass is 9.91. The molecule has 0 aromatic heterocycles. The molecule has 1 aliphatic rings. The number of hydrogen-bond acceptors (Lipinski definition) is 2. The molecule has 17 heavy (non-hydrogen) atoms. The minimum Gasteiger partial charge on any atom is -0.362 e. The van der Waals surface area contributed by atoms with E-state index in [4.69, 9.17) is 22.8 Å². The third-order valence-electron chi connectivity index (χ3n) is 2.51. The Morgan fingerprint density at radius 3 is 2.76 bits per heavy atom. The van der Waals surface area contributed by atoms with Crippen molar-refractivity contribution in [2.45, 2.75) is 11.8 Å². The predicted octanol–water partition coefficient (Wildman–Crippen LogP) is 3.13. The van der Waals surface area contributed by atoms with Crippen molar-refractivity contribution in [2.75, 3.05) is 12.0 Å². The van der Waals surface area contributed by atoms with E-state index in [1.54, 1.807) is 5.92 Å². The van der Waals surface area contributed by atoms with Crippen molar-refractivity contribution in [2.24, 2.45) is 0 Å². The van der Waals surface area contributed by atoms with Gasteiger partial charge in [0.1, 0.15) is 6.73 Å². The van der Waals surface area contributed by atoms with Gasteiger partial charge in [-0.15, -0.1) is 6.42 Å². The number of anilines is 1. The van der Waals surface area contributed by atoms with E-state index >= 15 is 0 Å². The molecule has 0 amide bonds. The summed E-state index contributed by atoms with van der Waals surface area (Å²) in [7, 11) is 0. The standard InChI is InChI=1S/C11H7ClF3NO/c1-2-10(11(13,14)15)8-5-7(12)3-4-9(8)16-6-17-10/h1,3-5,16H,6H2. The number of nitrogens with one attached hydrogen (secondary N) is 1. The molecule has 0 saturated carbocycles. The summed E-state index contributed by atoms with van der Waals surface area (Å²) in [5, 5.41) is 2.84. The summed E-state index contributed by atoms with van der Waals surface area (Å²) >= 11 is 5.69. The second-order valence-corrected chi connectivity index (χ2v) is 3.92. The zero-order chi connectivity index (χ0) is 12.7. The Hall–Kier alpha value is -1.38. The van der Waals surface area contributed by atoms with Gasteiger partial charge in [0.2, 0.25) is 0 Å². The summed E-state index contributed by atoms with van der Waals surface area (Å²) in [4.78, 5) is 0. The third kappa shape index (κ3) is 1.74. The molecule has 6 heteroatoms. The molecule has 1 aliphatic heterocycles. The average Bonchev–Trinajstić information content (AvgIpc) is 2.26. The van der Waals surface area contributed by atoms with Crippen LogP contribution in [0.5, 0.6) is 0 Å². The molecule has 1 aromatic carbocycles. The number of alkyl halides is 3. The molecule has 0 saturated heterocycles. The molecule has 0 radical (unpaired) electrons. The van der Waals surface area contributed by atoms with E-state index < -0.39 is 11.8 Å². The van der Waals surface area contributed by atoms with Crippen LogP contribution in [-0.2, 0) is 10.3 Å². The van der Waals surface area contributed by atoms with Crippen LogP contribution < -0.4 is 5.32 Å². The highest BCUT2D eigenvalue weighted by Gasteiger charge is 2.59. The lowest BCUT2D eigenvalue weighted by Gasteiger charge is -2.36. The van der Waals surface area contributed by atoms with Gasteiger partial charge in [-0.05, 0) is 18.2 Å². The van der Waals surface area contributed by atoms with E-state index in [1.165, 1.54) is 12.1 Å². The van der Waals surface area contributed by atoms with Gasteiger partial charge in [0.25, 0.3) is 5.60 Å². The van der Waals surface area contributed by atoms with Crippen LogP contribution in [0.4, 0.5) is 18.9 Å². The maximum Gasteiger partial charge on any atom is 0.433 e. The number of fused-ring (bicyclic) bond motifs is 1. The van der Waals surface area contributed by atoms with Crippen LogP contribution in [0, 0.1) is 12.3 Å². The molecule has 2 rings (SSSR count). The van der Waals surface area contributed by atoms with Gasteiger partial charge in [-0.1, -0.05) is 17.5 Å². The molecule has 1 unspecified atom stereocenters. The Balaban J connectivity index is 2.68. The summed E-state index contributed by atoms with van der Waals surface area (Å²) in [6, 6.07) is 4.09. The molecule has 0 spiro atoms. The van der Waals surface area contributed by atoms with E-state index in [9.17, 15) is 13.2 Å². The molecule has 1 atom stereocenters. The van der Waals surface area contributed by atoms with Crippen molar-refractivity contribution >= 4 is 17.3 Å². The van der Waals surface area contributed by atoms with E-state index in [1.807, 2.05) is 0 Å². The highest BCUT2D eigenvalue weighted by Crippen LogP contribution is 2.47. The molecule has 90 valence electrons. The van der Waals surface area contributed by atoms with Gasteiger partial charge >= 0.3 is 6.18 Å². The largest absolute Gasteiger partial charge is 0.433 e. The van der Waals surface area contributed by atoms with E-state index in [-0.39, 0.29) is 23.0 Å². The fourth-order valence-electron chi connectivity index (χ4n) is 1.70. The first kappa shape index (κ1) is 12.1. The molecule has 1 aromatic rings. The number of rotatable bonds is 0. The van der Waals surface area contributed by atoms with Gasteiger partial charge in [0.05, 0.1) is 0 Å². The number of halogens is 4. The lowest BCUT2D eigenvalue weighted by Crippen LogP contribution is -2.47. The first-order valence-electron chi connectivity index (χ1n) is 4.63. The Labute approximate surface area is 101 Å². The van der Waals surface area contributed by atoms with Crippen molar-refractivity contribution in [1.29, 1.82) is 0 Å². The van der Waals surface area contributed by atoms with Crippen LogP contribution in [0.1, 0.15) is 5.56 Å². The molecule has 1 N–H and O–H groups in total. The zero-order valence-electron chi connectivity index (χ0n) is 8.44. The molecule has 2 nitrogen and oxygen atoms in total. The van der Waals surface area contributed by atoms with Crippen LogP contribution in [0.15, 0.2) is 18.2 Å². The van der Waals surface area contributed by atoms with Gasteiger partial charge < -0.3 is 10.1 Å². The number of benzene rings is 1. The minimum absolute atomic E-state index is 0.167. The summed E-state index contributed by atoms with van der Waals surface area (Å²) in [6.07, 6.45) is 0.318. The van der Waals surface area contributed by atoms with Crippen LogP contribution in [-0.4, -0.2) is 12.9 Å². The zero-order valence-corrected chi connectivity index (χ0v) is 9.19. The van der Waals surface area contributed by atoms with Crippen LogP contribution >= 0.6 is 11.6 Å². The summed E-state index contributed by atoms with van der Waals surface area (Å²) in [5.74, 6) is 1.69. The predicted molar refractivity (Wildman–Crippen MR) is 57.6 cm³/mol. The number of terminal acetylenes is 1. The first-order chi connectivity index (χ1) is 7.90. The Bertz CT molecular complexity index is 494. The fraction of sp³-hybridized carbons (Fsp3) is 0.273. The Kier molecular flexibility index (Phi) is 2.72. The molecular weight excluding hydrogens is 255 g/mol. The molecule has 1 heterocycles. The maximum atomic E-state index is 13.1. The van der Waals surface area contributed by atoms with E-state index in [0.29, 0.717) is 0 Å². The highest BCUT2D eigenvalue weighted by molar-refractivity contribution is 6.30. The summed E-state index contributed by atoms with van der Waals surface area (Å²) < 4.78 is 43.9. The minimum atomic E-state index is -4.71. The third-order valence-corrected chi connectivity index (χ3v) is 2.75. The average molecular weight is 262 g/mol. The fourth-order valence-corrected chi connectivity index (χ4v) is 1.87. The molecule has 0 fully saturated rings. The SMILES string of the molecule is C#CC1(C(F)(F)F)OCNc2ccc(Cl)cc21. The quantitative estimate of drug-likeness (QED) is 0.725.